The Morgan fingerprint density at radius 3 is 2.95 bits per heavy atom. The van der Waals surface area contributed by atoms with Crippen LogP contribution in [-0.2, 0) is 9.53 Å². The molecule has 0 fully saturated rings. The zero-order valence-electron chi connectivity index (χ0n) is 9.78. The third-order valence-electron chi connectivity index (χ3n) is 2.10. The molecule has 0 amide bonds. The van der Waals surface area contributed by atoms with Gasteiger partial charge in [0, 0.05) is 11.8 Å². The van der Waals surface area contributed by atoms with E-state index in [0.717, 1.165) is 6.07 Å². The second kappa shape index (κ2) is 5.29. The van der Waals surface area contributed by atoms with Crippen molar-refractivity contribution in [1.82, 2.24) is 19.9 Å². The molecule has 0 saturated carbocycles. The van der Waals surface area contributed by atoms with Crippen LogP contribution in [0.1, 0.15) is 0 Å². The van der Waals surface area contributed by atoms with Crippen LogP contribution < -0.4 is 4.74 Å². The molecule has 2 rings (SSSR count). The minimum absolute atomic E-state index is 0.00682. The van der Waals surface area contributed by atoms with E-state index in [4.69, 9.17) is 4.74 Å². The highest BCUT2D eigenvalue weighted by Crippen LogP contribution is 2.17. The summed E-state index contributed by atoms with van der Waals surface area (Å²) in [6, 6.07) is 2.26. The lowest BCUT2D eigenvalue weighted by atomic mass is 10.3. The predicted molar refractivity (Wildman–Crippen MR) is 57.9 cm³/mol. The third kappa shape index (κ3) is 2.94. The van der Waals surface area contributed by atoms with Crippen LogP contribution in [0.4, 0.5) is 4.39 Å². The van der Waals surface area contributed by atoms with Gasteiger partial charge in [-0.3, -0.25) is 0 Å². The molecule has 1 N–H and O–H groups in total. The lowest BCUT2D eigenvalue weighted by Gasteiger charge is -1.97. The number of carbonyl (C=O) groups is 1. The summed E-state index contributed by atoms with van der Waals surface area (Å²) in [4.78, 5) is 18.6. The van der Waals surface area contributed by atoms with Gasteiger partial charge >= 0.3 is 12.0 Å². The fourth-order valence-electron chi connectivity index (χ4n) is 1.22. The van der Waals surface area contributed by atoms with E-state index in [-0.39, 0.29) is 18.4 Å². The first-order valence-electron chi connectivity index (χ1n) is 5.08. The van der Waals surface area contributed by atoms with E-state index in [9.17, 15) is 14.4 Å². The van der Waals surface area contributed by atoms with Gasteiger partial charge in [0.2, 0.25) is 11.8 Å². The number of carbonyl (C=O) groups excluding carboxylic acids is 1. The van der Waals surface area contributed by atoms with E-state index in [1.54, 1.807) is 0 Å². The number of methoxy groups -OCH3 is 1. The molecule has 0 bridgehead atoms. The molecule has 0 saturated heterocycles. The second-order valence-corrected chi connectivity index (χ2v) is 3.34. The van der Waals surface area contributed by atoms with Crippen LogP contribution in [-0.4, -0.2) is 44.8 Å². The standard InChI is InChI=1S/C10H9FN4O4/c1-18-8(16)5-19-10-13-9(15(17)14-10)6-2-3-7(11)12-4-6/h2-4,17H,5H2,1H3. The average molecular weight is 268 g/mol. The zero-order valence-corrected chi connectivity index (χ0v) is 9.78. The average Bonchev–Trinajstić information content (AvgIpc) is 2.78. The van der Waals surface area contributed by atoms with Gasteiger partial charge in [0.15, 0.2) is 6.61 Å². The molecular weight excluding hydrogens is 259 g/mol. The Labute approximate surface area is 106 Å². The van der Waals surface area contributed by atoms with E-state index in [0.29, 0.717) is 10.4 Å². The summed E-state index contributed by atoms with van der Waals surface area (Å²) in [5, 5.41) is 13.0. The predicted octanol–water partition coefficient (Wildman–Crippen LogP) is 0.268. The molecule has 0 radical (unpaired) electrons. The van der Waals surface area contributed by atoms with Crippen molar-refractivity contribution in [3.05, 3.63) is 24.3 Å². The first kappa shape index (κ1) is 12.7. The number of hydrogen-bond donors (Lipinski definition) is 1. The topological polar surface area (TPSA) is 99.4 Å². The minimum Gasteiger partial charge on any atom is -0.466 e. The van der Waals surface area contributed by atoms with Gasteiger partial charge in [0.1, 0.15) is 0 Å². The molecule has 0 unspecified atom stereocenters. The van der Waals surface area contributed by atoms with Crippen molar-refractivity contribution in [2.24, 2.45) is 0 Å². The van der Waals surface area contributed by atoms with Gasteiger partial charge in [-0.2, -0.15) is 9.37 Å². The highest BCUT2D eigenvalue weighted by atomic mass is 19.1. The number of esters is 1. The summed E-state index contributed by atoms with van der Waals surface area (Å²) in [5.74, 6) is -1.26. The van der Waals surface area contributed by atoms with Gasteiger partial charge in [-0.25, -0.2) is 9.78 Å². The number of ether oxygens (including phenoxy) is 2. The van der Waals surface area contributed by atoms with Crippen LogP contribution in [0.3, 0.4) is 0 Å². The first-order valence-corrected chi connectivity index (χ1v) is 5.08. The van der Waals surface area contributed by atoms with Crippen molar-refractivity contribution in [3.63, 3.8) is 0 Å². The summed E-state index contributed by atoms with van der Waals surface area (Å²) in [6.07, 6.45) is 1.18. The number of halogens is 1. The Bertz CT molecular complexity index is 584. The minimum atomic E-state index is -0.657. The van der Waals surface area contributed by atoms with Gasteiger partial charge in [-0.05, 0) is 12.1 Å². The van der Waals surface area contributed by atoms with Gasteiger partial charge in [0.05, 0.1) is 7.11 Å². The molecule has 0 aliphatic rings. The monoisotopic (exact) mass is 268 g/mol. The number of hydrogen-bond acceptors (Lipinski definition) is 7. The summed E-state index contributed by atoms with van der Waals surface area (Å²) in [7, 11) is 1.21. The fourth-order valence-corrected chi connectivity index (χ4v) is 1.22. The zero-order chi connectivity index (χ0) is 13.8. The fraction of sp³-hybridized carbons (Fsp3) is 0.200. The van der Waals surface area contributed by atoms with Crippen molar-refractivity contribution in [1.29, 1.82) is 0 Å². The molecule has 2 heterocycles. The Morgan fingerprint density at radius 1 is 1.53 bits per heavy atom. The highest BCUT2D eigenvalue weighted by molar-refractivity contribution is 5.70. The highest BCUT2D eigenvalue weighted by Gasteiger charge is 2.14. The molecule has 0 aliphatic carbocycles. The third-order valence-corrected chi connectivity index (χ3v) is 2.10. The van der Waals surface area contributed by atoms with Gasteiger partial charge in [-0.15, -0.1) is 0 Å². The largest absolute Gasteiger partial charge is 0.466 e. The van der Waals surface area contributed by atoms with E-state index in [2.05, 4.69) is 19.8 Å². The summed E-state index contributed by atoms with van der Waals surface area (Å²) >= 11 is 0. The molecule has 100 valence electrons. The quantitative estimate of drug-likeness (QED) is 0.482. The molecule has 0 atom stereocenters. The summed E-state index contributed by atoms with van der Waals surface area (Å²) in [6.45, 7) is -0.387. The van der Waals surface area contributed by atoms with E-state index < -0.39 is 11.9 Å². The molecule has 2 aromatic rings. The van der Waals surface area contributed by atoms with Crippen LogP contribution in [0.2, 0.25) is 0 Å². The smallest absolute Gasteiger partial charge is 0.344 e. The van der Waals surface area contributed by atoms with Gasteiger partial charge < -0.3 is 14.7 Å². The molecule has 0 spiro atoms. The lowest BCUT2D eigenvalue weighted by Crippen LogP contribution is -2.13. The Morgan fingerprint density at radius 2 is 2.32 bits per heavy atom. The Hall–Kier alpha value is -2.71. The number of rotatable bonds is 4. The number of pyridine rings is 1. The van der Waals surface area contributed by atoms with Crippen molar-refractivity contribution < 1.29 is 23.9 Å². The van der Waals surface area contributed by atoms with E-state index in [1.165, 1.54) is 19.4 Å². The van der Waals surface area contributed by atoms with Gasteiger partial charge in [0.25, 0.3) is 0 Å². The van der Waals surface area contributed by atoms with Crippen LogP contribution in [0.15, 0.2) is 18.3 Å². The maximum Gasteiger partial charge on any atom is 0.344 e. The second-order valence-electron chi connectivity index (χ2n) is 3.34. The molecular formula is C10H9FN4O4. The van der Waals surface area contributed by atoms with Crippen molar-refractivity contribution in [2.45, 2.75) is 0 Å². The molecule has 0 aromatic carbocycles. The molecule has 19 heavy (non-hydrogen) atoms. The Kier molecular flexibility index (Phi) is 3.55. The first-order chi connectivity index (χ1) is 9.10. The van der Waals surface area contributed by atoms with Crippen molar-refractivity contribution >= 4 is 5.97 Å². The van der Waals surface area contributed by atoms with Crippen LogP contribution in [0, 0.1) is 5.95 Å². The normalized spacial score (nSPS) is 10.2. The maximum absolute atomic E-state index is 12.7. The molecule has 0 aliphatic heterocycles. The SMILES string of the molecule is COC(=O)COc1nc(-c2ccc(F)nc2)n(O)n1. The van der Waals surface area contributed by atoms with Crippen LogP contribution in [0.25, 0.3) is 11.4 Å². The van der Waals surface area contributed by atoms with Crippen LogP contribution >= 0.6 is 0 Å². The summed E-state index contributed by atoms with van der Waals surface area (Å²) in [5.41, 5.74) is 0.337. The molecule has 9 heteroatoms. The van der Waals surface area contributed by atoms with Crippen LogP contribution in [0.5, 0.6) is 6.01 Å². The lowest BCUT2D eigenvalue weighted by molar-refractivity contribution is -0.143. The van der Waals surface area contributed by atoms with Gasteiger partial charge in [-0.1, -0.05) is 9.94 Å². The summed E-state index contributed by atoms with van der Waals surface area (Å²) < 4.78 is 21.9. The van der Waals surface area contributed by atoms with E-state index in [1.807, 2.05) is 0 Å². The molecule has 8 nitrogen and oxygen atoms in total. The van der Waals surface area contributed by atoms with Crippen molar-refractivity contribution in [3.8, 4) is 17.4 Å². The van der Waals surface area contributed by atoms with E-state index >= 15 is 0 Å². The number of aromatic nitrogens is 4. The maximum atomic E-state index is 12.7. The number of nitrogens with zero attached hydrogens (tertiary/aromatic N) is 4. The Balaban J connectivity index is 2.16. The van der Waals surface area contributed by atoms with Crippen molar-refractivity contribution in [2.75, 3.05) is 13.7 Å². The molecule has 2 aromatic heterocycles.